The lowest BCUT2D eigenvalue weighted by atomic mass is 10.2. The van der Waals surface area contributed by atoms with Crippen molar-refractivity contribution in [1.29, 1.82) is 0 Å². The van der Waals surface area contributed by atoms with Crippen LogP contribution in [0.2, 0.25) is 0 Å². The number of nitrogens with one attached hydrogen (secondary N) is 1. The molecule has 88 valence electrons. The highest BCUT2D eigenvalue weighted by atomic mass is 79.9. The number of nitrogens with zero attached hydrogens (tertiary/aromatic N) is 2. The maximum Gasteiger partial charge on any atom is 0.147 e. The highest BCUT2D eigenvalue weighted by Crippen LogP contribution is 2.22. The first-order valence-corrected chi connectivity index (χ1v) is 5.56. The van der Waals surface area contributed by atoms with E-state index in [1.807, 2.05) is 0 Å². The summed E-state index contributed by atoms with van der Waals surface area (Å²) in [5.41, 5.74) is 0.301. The molecule has 1 aromatic carbocycles. The smallest absolute Gasteiger partial charge is 0.147 e. The van der Waals surface area contributed by atoms with Crippen LogP contribution >= 0.6 is 15.9 Å². The monoisotopic (exact) mass is 299 g/mol. The minimum absolute atomic E-state index is 0.0405. The Bertz CT molecular complexity index is 560. The summed E-state index contributed by atoms with van der Waals surface area (Å²) in [4.78, 5) is 7.72. The van der Waals surface area contributed by atoms with E-state index in [1.54, 1.807) is 6.07 Å². The Kier molecular flexibility index (Phi) is 3.33. The zero-order valence-corrected chi connectivity index (χ0v) is 10.4. The maximum absolute atomic E-state index is 13.5. The highest BCUT2D eigenvalue weighted by Gasteiger charge is 2.08. The molecule has 0 spiro atoms. The quantitative estimate of drug-likeness (QED) is 0.862. The van der Waals surface area contributed by atoms with Crippen LogP contribution in [0.4, 0.5) is 20.3 Å². The molecular weight excluding hydrogens is 292 g/mol. The summed E-state index contributed by atoms with van der Waals surface area (Å²) in [6.07, 6.45) is 1.31. The van der Waals surface area contributed by atoms with Crippen LogP contribution in [-0.2, 0) is 0 Å². The van der Waals surface area contributed by atoms with Crippen molar-refractivity contribution >= 4 is 27.4 Å². The molecule has 17 heavy (non-hydrogen) atoms. The summed E-state index contributed by atoms with van der Waals surface area (Å²) >= 11 is 3.16. The van der Waals surface area contributed by atoms with E-state index in [2.05, 4.69) is 31.2 Å². The Balaban J connectivity index is 2.33. The van der Waals surface area contributed by atoms with Crippen LogP contribution in [0.3, 0.4) is 0 Å². The fraction of sp³-hybridized carbons (Fsp3) is 0.0909. The zero-order chi connectivity index (χ0) is 12.4. The molecule has 0 atom stereocenters. The molecule has 0 aliphatic rings. The van der Waals surface area contributed by atoms with Gasteiger partial charge in [0.05, 0.1) is 5.69 Å². The predicted molar refractivity (Wildman–Crippen MR) is 64.1 cm³/mol. The van der Waals surface area contributed by atoms with Gasteiger partial charge >= 0.3 is 0 Å². The van der Waals surface area contributed by atoms with E-state index in [4.69, 9.17) is 0 Å². The molecule has 0 saturated heterocycles. The van der Waals surface area contributed by atoms with E-state index in [0.717, 1.165) is 12.1 Å². The van der Waals surface area contributed by atoms with Crippen LogP contribution in [0.1, 0.15) is 5.56 Å². The molecule has 0 fully saturated rings. The van der Waals surface area contributed by atoms with Crippen molar-refractivity contribution < 1.29 is 8.78 Å². The lowest BCUT2D eigenvalue weighted by Crippen LogP contribution is -1.98. The lowest BCUT2D eigenvalue weighted by molar-refractivity contribution is 0.595. The molecule has 2 rings (SSSR count). The third-order valence-electron chi connectivity index (χ3n) is 2.14. The lowest BCUT2D eigenvalue weighted by Gasteiger charge is -2.08. The van der Waals surface area contributed by atoms with Gasteiger partial charge in [-0.3, -0.25) is 0 Å². The molecule has 6 heteroatoms. The minimum atomic E-state index is -0.529. The first kappa shape index (κ1) is 11.9. The Labute approximate surface area is 105 Å². The Hall–Kier alpha value is -1.56. The average molecular weight is 300 g/mol. The minimum Gasteiger partial charge on any atom is -0.338 e. The van der Waals surface area contributed by atoms with Crippen molar-refractivity contribution in [2.24, 2.45) is 0 Å². The van der Waals surface area contributed by atoms with E-state index >= 15 is 0 Å². The van der Waals surface area contributed by atoms with E-state index in [-0.39, 0.29) is 11.3 Å². The predicted octanol–water partition coefficient (Wildman–Crippen LogP) is 3.57. The molecule has 1 N–H and O–H groups in total. The van der Waals surface area contributed by atoms with Crippen molar-refractivity contribution in [3.8, 4) is 0 Å². The average Bonchev–Trinajstić information content (AvgIpc) is 2.26. The second kappa shape index (κ2) is 4.75. The van der Waals surface area contributed by atoms with E-state index in [9.17, 15) is 8.78 Å². The number of hydrogen-bond acceptors (Lipinski definition) is 3. The van der Waals surface area contributed by atoms with Crippen LogP contribution in [0, 0.1) is 18.6 Å². The van der Waals surface area contributed by atoms with Gasteiger partial charge in [0.2, 0.25) is 0 Å². The van der Waals surface area contributed by atoms with Gasteiger partial charge in [0.15, 0.2) is 0 Å². The van der Waals surface area contributed by atoms with Gasteiger partial charge in [-0.05, 0) is 34.5 Å². The summed E-state index contributed by atoms with van der Waals surface area (Å²) in [5, 5.41) is 2.68. The number of aryl methyl sites for hydroxylation is 1. The fourth-order valence-corrected chi connectivity index (χ4v) is 1.59. The van der Waals surface area contributed by atoms with Crippen molar-refractivity contribution in [2.75, 3.05) is 5.32 Å². The summed E-state index contributed by atoms with van der Waals surface area (Å²) in [6, 6.07) is 3.80. The van der Waals surface area contributed by atoms with Crippen LogP contribution in [0.15, 0.2) is 29.1 Å². The number of hydrogen-bond donors (Lipinski definition) is 1. The second-order valence-corrected chi connectivity index (χ2v) is 4.24. The fourth-order valence-electron chi connectivity index (χ4n) is 1.28. The summed E-state index contributed by atoms with van der Waals surface area (Å²) < 4.78 is 27.4. The molecule has 0 radical (unpaired) electrons. The van der Waals surface area contributed by atoms with Gasteiger partial charge in [0.25, 0.3) is 0 Å². The van der Waals surface area contributed by atoms with Gasteiger partial charge in [-0.25, -0.2) is 18.7 Å². The summed E-state index contributed by atoms with van der Waals surface area (Å²) in [6.45, 7) is 1.50. The van der Waals surface area contributed by atoms with Gasteiger partial charge in [-0.15, -0.1) is 0 Å². The van der Waals surface area contributed by atoms with E-state index < -0.39 is 11.6 Å². The maximum atomic E-state index is 13.5. The second-order valence-electron chi connectivity index (χ2n) is 3.43. The number of benzene rings is 1. The molecule has 3 nitrogen and oxygen atoms in total. The van der Waals surface area contributed by atoms with Gasteiger partial charge in [-0.1, -0.05) is 0 Å². The highest BCUT2D eigenvalue weighted by molar-refractivity contribution is 9.10. The number of anilines is 2. The number of halogens is 3. The number of rotatable bonds is 2. The van der Waals surface area contributed by atoms with Crippen molar-refractivity contribution in [3.63, 3.8) is 0 Å². The molecule has 1 aromatic heterocycles. The third kappa shape index (κ3) is 2.76. The van der Waals surface area contributed by atoms with E-state index in [1.165, 1.54) is 13.3 Å². The topological polar surface area (TPSA) is 37.8 Å². The van der Waals surface area contributed by atoms with Gasteiger partial charge in [0, 0.05) is 12.1 Å². The van der Waals surface area contributed by atoms with Gasteiger partial charge in [0.1, 0.15) is 28.4 Å². The molecule has 0 amide bonds. The van der Waals surface area contributed by atoms with E-state index in [0.29, 0.717) is 10.4 Å². The first-order valence-electron chi connectivity index (χ1n) is 4.76. The largest absolute Gasteiger partial charge is 0.338 e. The SMILES string of the molecule is Cc1cc(F)c(Nc2cc(Br)ncn2)cc1F. The molecule has 0 aliphatic heterocycles. The zero-order valence-electron chi connectivity index (χ0n) is 8.84. The van der Waals surface area contributed by atoms with Crippen LogP contribution < -0.4 is 5.32 Å². The third-order valence-corrected chi connectivity index (χ3v) is 2.58. The van der Waals surface area contributed by atoms with Crippen molar-refractivity contribution in [1.82, 2.24) is 9.97 Å². The molecule has 2 aromatic rings. The Morgan fingerprint density at radius 1 is 1.12 bits per heavy atom. The summed E-state index contributed by atoms with van der Waals surface area (Å²) in [5.74, 6) is -0.616. The van der Waals surface area contributed by atoms with Crippen LogP contribution in [0.25, 0.3) is 0 Å². The van der Waals surface area contributed by atoms with Gasteiger partial charge < -0.3 is 5.32 Å². The van der Waals surface area contributed by atoms with Crippen LogP contribution in [0.5, 0.6) is 0 Å². The molecule has 0 saturated carbocycles. The number of aromatic nitrogens is 2. The standard InChI is InChI=1S/C11H8BrF2N3/c1-6-2-8(14)9(3-7(6)13)17-11-4-10(12)15-5-16-11/h2-5H,1H3,(H,15,16,17). The normalized spacial score (nSPS) is 10.4. The molecule has 0 bridgehead atoms. The van der Waals surface area contributed by atoms with Crippen LogP contribution in [-0.4, -0.2) is 9.97 Å². The molecule has 0 aliphatic carbocycles. The summed E-state index contributed by atoms with van der Waals surface area (Å²) in [7, 11) is 0. The first-order chi connectivity index (χ1) is 8.06. The molecule has 0 unspecified atom stereocenters. The molecule has 1 heterocycles. The van der Waals surface area contributed by atoms with Crippen molar-refractivity contribution in [3.05, 3.63) is 46.3 Å². The molecular formula is C11H8BrF2N3. The van der Waals surface area contributed by atoms with Gasteiger partial charge in [-0.2, -0.15) is 0 Å². The Morgan fingerprint density at radius 3 is 2.59 bits per heavy atom. The van der Waals surface area contributed by atoms with Crippen molar-refractivity contribution in [2.45, 2.75) is 6.92 Å². The Morgan fingerprint density at radius 2 is 1.88 bits per heavy atom.